The molecule has 1 amide bonds. The van der Waals surface area contributed by atoms with Crippen LogP contribution in [-0.4, -0.2) is 17.5 Å². The van der Waals surface area contributed by atoms with Gasteiger partial charge in [-0.05, 0) is 67.4 Å². The molecule has 4 rings (SSSR count). The number of carbonyl (C=O) groups is 1. The Hall–Kier alpha value is -2.89. The summed E-state index contributed by atoms with van der Waals surface area (Å²) in [5.41, 5.74) is 3.66. The standard InChI is InChI=1S/C25H23ClN2O2S/c1-3-30-19-9-5-17(6-10-19)15-27-25(29)23-24(31-20-11-7-18(26)8-12-20)21-13-4-16(2)14-22(21)28-23/h4-14,28H,3,15H2,1-2H3,(H,27,29). The van der Waals surface area contributed by atoms with Gasteiger partial charge in [0.25, 0.3) is 5.91 Å². The fourth-order valence-electron chi connectivity index (χ4n) is 3.31. The van der Waals surface area contributed by atoms with Gasteiger partial charge in [0.05, 0.1) is 11.5 Å². The highest BCUT2D eigenvalue weighted by Gasteiger charge is 2.19. The molecule has 1 aromatic heterocycles. The van der Waals surface area contributed by atoms with Gasteiger partial charge >= 0.3 is 0 Å². The first-order chi connectivity index (χ1) is 15.0. The minimum absolute atomic E-state index is 0.140. The molecule has 0 atom stereocenters. The van der Waals surface area contributed by atoms with Crippen LogP contribution in [0, 0.1) is 6.92 Å². The monoisotopic (exact) mass is 450 g/mol. The minimum atomic E-state index is -0.140. The number of rotatable bonds is 7. The lowest BCUT2D eigenvalue weighted by Gasteiger charge is -2.08. The van der Waals surface area contributed by atoms with E-state index in [0.29, 0.717) is 23.9 Å². The molecular formula is C25H23ClN2O2S. The number of aromatic amines is 1. The maximum Gasteiger partial charge on any atom is 0.269 e. The normalized spacial score (nSPS) is 10.9. The number of aryl methyl sites for hydroxylation is 1. The van der Waals surface area contributed by atoms with Crippen LogP contribution >= 0.6 is 23.4 Å². The van der Waals surface area contributed by atoms with E-state index >= 15 is 0 Å². The first-order valence-electron chi connectivity index (χ1n) is 10.1. The number of halogens is 1. The fourth-order valence-corrected chi connectivity index (χ4v) is 4.48. The van der Waals surface area contributed by atoms with Gasteiger partial charge in [0, 0.05) is 27.4 Å². The molecule has 0 unspecified atom stereocenters. The molecule has 0 aliphatic rings. The van der Waals surface area contributed by atoms with Gasteiger partial charge in [-0.2, -0.15) is 0 Å². The number of ether oxygens (including phenoxy) is 1. The van der Waals surface area contributed by atoms with E-state index in [1.165, 1.54) is 0 Å². The number of aromatic nitrogens is 1. The maximum absolute atomic E-state index is 13.1. The Morgan fingerprint density at radius 1 is 1.06 bits per heavy atom. The Kier molecular flexibility index (Phi) is 6.54. The van der Waals surface area contributed by atoms with Gasteiger partial charge in [-0.25, -0.2) is 0 Å². The molecule has 31 heavy (non-hydrogen) atoms. The number of amides is 1. The Balaban J connectivity index is 1.59. The Labute approximate surface area is 191 Å². The molecule has 158 valence electrons. The van der Waals surface area contributed by atoms with E-state index in [4.69, 9.17) is 16.3 Å². The average molecular weight is 451 g/mol. The predicted octanol–water partition coefficient (Wildman–Crippen LogP) is 6.61. The van der Waals surface area contributed by atoms with Crippen molar-refractivity contribution in [3.05, 3.63) is 88.6 Å². The van der Waals surface area contributed by atoms with Crippen LogP contribution in [0.5, 0.6) is 5.75 Å². The Morgan fingerprint density at radius 3 is 2.52 bits per heavy atom. The summed E-state index contributed by atoms with van der Waals surface area (Å²) in [6.45, 7) is 5.06. The first kappa shape index (κ1) is 21.3. The minimum Gasteiger partial charge on any atom is -0.494 e. The summed E-state index contributed by atoms with van der Waals surface area (Å²) in [5.74, 6) is 0.685. The lowest BCUT2D eigenvalue weighted by atomic mass is 10.2. The molecule has 0 fully saturated rings. The number of hydrogen-bond acceptors (Lipinski definition) is 3. The fraction of sp³-hybridized carbons (Fsp3) is 0.160. The largest absolute Gasteiger partial charge is 0.494 e. The topological polar surface area (TPSA) is 54.1 Å². The molecule has 4 nitrogen and oxygen atoms in total. The smallest absolute Gasteiger partial charge is 0.269 e. The third-order valence-electron chi connectivity index (χ3n) is 4.85. The zero-order valence-electron chi connectivity index (χ0n) is 17.4. The van der Waals surface area contributed by atoms with E-state index in [2.05, 4.69) is 28.5 Å². The summed E-state index contributed by atoms with van der Waals surface area (Å²) in [5, 5.41) is 4.74. The molecule has 0 aliphatic carbocycles. The summed E-state index contributed by atoms with van der Waals surface area (Å²) in [6, 6.07) is 21.6. The molecule has 0 saturated carbocycles. The van der Waals surface area contributed by atoms with E-state index < -0.39 is 0 Å². The molecule has 0 bridgehead atoms. The quantitative estimate of drug-likeness (QED) is 0.333. The molecular weight excluding hydrogens is 428 g/mol. The van der Waals surface area contributed by atoms with Crippen molar-refractivity contribution in [2.75, 3.05) is 6.61 Å². The second kappa shape index (κ2) is 9.50. The molecule has 0 spiro atoms. The van der Waals surface area contributed by atoms with Crippen LogP contribution in [-0.2, 0) is 6.54 Å². The van der Waals surface area contributed by atoms with Crippen LogP contribution in [0.25, 0.3) is 10.9 Å². The average Bonchev–Trinajstić information content (AvgIpc) is 3.12. The van der Waals surface area contributed by atoms with Crippen LogP contribution < -0.4 is 10.1 Å². The van der Waals surface area contributed by atoms with Crippen molar-refractivity contribution in [3.8, 4) is 5.75 Å². The highest BCUT2D eigenvalue weighted by molar-refractivity contribution is 7.99. The van der Waals surface area contributed by atoms with Gasteiger partial charge in [-0.3, -0.25) is 4.79 Å². The predicted molar refractivity (Wildman–Crippen MR) is 127 cm³/mol. The van der Waals surface area contributed by atoms with Crippen molar-refractivity contribution in [1.82, 2.24) is 10.3 Å². The number of nitrogens with one attached hydrogen (secondary N) is 2. The highest BCUT2D eigenvalue weighted by Crippen LogP contribution is 2.37. The zero-order valence-corrected chi connectivity index (χ0v) is 18.9. The van der Waals surface area contributed by atoms with E-state index in [9.17, 15) is 4.79 Å². The molecule has 0 saturated heterocycles. The van der Waals surface area contributed by atoms with Crippen molar-refractivity contribution in [2.24, 2.45) is 0 Å². The molecule has 3 aromatic carbocycles. The van der Waals surface area contributed by atoms with Crippen LogP contribution in [0.2, 0.25) is 5.02 Å². The van der Waals surface area contributed by atoms with Crippen LogP contribution in [0.1, 0.15) is 28.5 Å². The molecule has 0 aliphatic heterocycles. The zero-order chi connectivity index (χ0) is 21.8. The van der Waals surface area contributed by atoms with E-state index in [-0.39, 0.29) is 5.91 Å². The number of H-pyrrole nitrogens is 1. The van der Waals surface area contributed by atoms with E-state index in [1.807, 2.05) is 62.4 Å². The summed E-state index contributed by atoms with van der Waals surface area (Å²) < 4.78 is 5.48. The van der Waals surface area contributed by atoms with Crippen molar-refractivity contribution in [3.63, 3.8) is 0 Å². The second-order valence-corrected chi connectivity index (χ2v) is 8.71. The number of benzene rings is 3. The van der Waals surface area contributed by atoms with Crippen molar-refractivity contribution in [2.45, 2.75) is 30.2 Å². The summed E-state index contributed by atoms with van der Waals surface area (Å²) in [4.78, 5) is 18.3. The number of fused-ring (bicyclic) bond motifs is 1. The summed E-state index contributed by atoms with van der Waals surface area (Å²) in [7, 11) is 0. The molecule has 2 N–H and O–H groups in total. The lowest BCUT2D eigenvalue weighted by Crippen LogP contribution is -2.23. The summed E-state index contributed by atoms with van der Waals surface area (Å²) >= 11 is 7.58. The third-order valence-corrected chi connectivity index (χ3v) is 6.24. The third kappa shape index (κ3) is 5.06. The Bertz CT molecular complexity index is 1200. The van der Waals surface area contributed by atoms with E-state index in [0.717, 1.165) is 37.6 Å². The van der Waals surface area contributed by atoms with Gasteiger partial charge in [0.1, 0.15) is 11.4 Å². The Morgan fingerprint density at radius 2 is 1.81 bits per heavy atom. The highest BCUT2D eigenvalue weighted by atomic mass is 35.5. The van der Waals surface area contributed by atoms with Gasteiger partial charge in [0.2, 0.25) is 0 Å². The van der Waals surface area contributed by atoms with Gasteiger partial charge in [-0.15, -0.1) is 0 Å². The number of carbonyl (C=O) groups excluding carboxylic acids is 1. The molecule has 1 heterocycles. The van der Waals surface area contributed by atoms with E-state index in [1.54, 1.807) is 11.8 Å². The first-order valence-corrected chi connectivity index (χ1v) is 11.3. The molecule has 6 heteroatoms. The lowest BCUT2D eigenvalue weighted by molar-refractivity contribution is 0.0944. The van der Waals surface area contributed by atoms with Crippen LogP contribution in [0.3, 0.4) is 0 Å². The molecule has 0 radical (unpaired) electrons. The van der Waals surface area contributed by atoms with Crippen molar-refractivity contribution in [1.29, 1.82) is 0 Å². The molecule has 4 aromatic rings. The van der Waals surface area contributed by atoms with Gasteiger partial charge in [0.15, 0.2) is 0 Å². The van der Waals surface area contributed by atoms with Crippen LogP contribution in [0.15, 0.2) is 76.5 Å². The number of hydrogen-bond donors (Lipinski definition) is 2. The summed E-state index contributed by atoms with van der Waals surface area (Å²) in [6.07, 6.45) is 0. The van der Waals surface area contributed by atoms with Crippen molar-refractivity contribution >= 4 is 40.2 Å². The van der Waals surface area contributed by atoms with Crippen molar-refractivity contribution < 1.29 is 9.53 Å². The van der Waals surface area contributed by atoms with Gasteiger partial charge in [-0.1, -0.05) is 47.6 Å². The van der Waals surface area contributed by atoms with Crippen LogP contribution in [0.4, 0.5) is 0 Å². The van der Waals surface area contributed by atoms with Gasteiger partial charge < -0.3 is 15.0 Å². The maximum atomic E-state index is 13.1. The second-order valence-electron chi connectivity index (χ2n) is 7.19. The SMILES string of the molecule is CCOc1ccc(CNC(=O)c2[nH]c3cc(C)ccc3c2Sc2ccc(Cl)cc2)cc1.